The molecule has 0 heterocycles. The molecule has 0 amide bonds. The van der Waals surface area contributed by atoms with E-state index in [1.807, 2.05) is 12.2 Å². The highest BCUT2D eigenvalue weighted by atomic mass is 79.9. The Hall–Kier alpha value is -0.0400. The van der Waals surface area contributed by atoms with Crippen molar-refractivity contribution in [2.24, 2.45) is 5.92 Å². The van der Waals surface area contributed by atoms with Gasteiger partial charge >= 0.3 is 0 Å². The molecule has 0 saturated heterocycles. The number of hydrogen-bond donors (Lipinski definition) is 0. The Balaban J connectivity index is 2.21. The molecule has 0 radical (unpaired) electrons. The molecule has 0 aromatic rings. The minimum Gasteiger partial charge on any atom is -0.0991 e. The van der Waals surface area contributed by atoms with Crippen LogP contribution in [0.3, 0.4) is 0 Å². The van der Waals surface area contributed by atoms with Crippen molar-refractivity contribution in [3.8, 4) is 0 Å². The number of alkyl halides is 1. The standard InChI is InChI=1S/C7H9Br/c1-2-3-4-6-5-7(6)8/h2-4,6-7H,1,5H2/b4-3+. The SMILES string of the molecule is C=C/C=C/C1CC1Br. The Bertz CT molecular complexity index is 116. The van der Waals surface area contributed by atoms with Crippen LogP contribution in [-0.2, 0) is 0 Å². The molecular formula is C7H9Br. The minimum atomic E-state index is 0.749. The highest BCUT2D eigenvalue weighted by molar-refractivity contribution is 9.09. The first-order valence-corrected chi connectivity index (χ1v) is 3.69. The lowest BCUT2D eigenvalue weighted by molar-refractivity contribution is 1.13. The van der Waals surface area contributed by atoms with Crippen molar-refractivity contribution in [3.05, 3.63) is 24.8 Å². The van der Waals surface area contributed by atoms with E-state index in [0.717, 1.165) is 10.7 Å². The van der Waals surface area contributed by atoms with Gasteiger partial charge in [-0.3, -0.25) is 0 Å². The van der Waals surface area contributed by atoms with E-state index in [1.165, 1.54) is 6.42 Å². The number of hydrogen-bond acceptors (Lipinski definition) is 0. The molecule has 1 aliphatic carbocycles. The van der Waals surface area contributed by atoms with Crippen LogP contribution in [0.1, 0.15) is 6.42 Å². The molecule has 0 aromatic carbocycles. The van der Waals surface area contributed by atoms with Gasteiger partial charge in [0.25, 0.3) is 0 Å². The smallest absolute Gasteiger partial charge is 0.0215 e. The van der Waals surface area contributed by atoms with Crippen molar-refractivity contribution < 1.29 is 0 Å². The van der Waals surface area contributed by atoms with Crippen LogP contribution in [0.15, 0.2) is 24.8 Å². The lowest BCUT2D eigenvalue weighted by Gasteiger charge is -1.75. The normalized spacial score (nSPS) is 35.6. The Morgan fingerprint density at radius 2 is 2.25 bits per heavy atom. The lowest BCUT2D eigenvalue weighted by Crippen LogP contribution is -1.66. The molecule has 1 rings (SSSR count). The van der Waals surface area contributed by atoms with Gasteiger partial charge in [-0.25, -0.2) is 0 Å². The molecule has 0 aliphatic heterocycles. The zero-order chi connectivity index (χ0) is 5.98. The van der Waals surface area contributed by atoms with E-state index in [1.54, 1.807) is 0 Å². The monoisotopic (exact) mass is 172 g/mol. The maximum absolute atomic E-state index is 3.58. The van der Waals surface area contributed by atoms with Crippen LogP contribution in [0.25, 0.3) is 0 Å². The molecule has 2 unspecified atom stereocenters. The van der Waals surface area contributed by atoms with Crippen molar-refractivity contribution in [3.63, 3.8) is 0 Å². The van der Waals surface area contributed by atoms with Crippen LogP contribution in [0.2, 0.25) is 0 Å². The lowest BCUT2D eigenvalue weighted by atomic mass is 10.4. The number of rotatable bonds is 2. The summed E-state index contributed by atoms with van der Waals surface area (Å²) in [5.74, 6) is 0.785. The van der Waals surface area contributed by atoms with Crippen molar-refractivity contribution in [2.45, 2.75) is 11.2 Å². The molecule has 1 aliphatic rings. The largest absolute Gasteiger partial charge is 0.0991 e. The van der Waals surface area contributed by atoms with Crippen LogP contribution in [0.5, 0.6) is 0 Å². The summed E-state index contributed by atoms with van der Waals surface area (Å²) >= 11 is 3.49. The van der Waals surface area contributed by atoms with Crippen LogP contribution in [0.4, 0.5) is 0 Å². The molecule has 0 nitrogen and oxygen atoms in total. The summed E-state index contributed by atoms with van der Waals surface area (Å²) in [6.45, 7) is 3.58. The van der Waals surface area contributed by atoms with Gasteiger partial charge < -0.3 is 0 Å². The predicted molar refractivity (Wildman–Crippen MR) is 40.2 cm³/mol. The van der Waals surface area contributed by atoms with E-state index in [-0.39, 0.29) is 0 Å². The summed E-state index contributed by atoms with van der Waals surface area (Å²) < 4.78 is 0. The summed E-state index contributed by atoms with van der Waals surface area (Å²) in [7, 11) is 0. The Morgan fingerprint density at radius 3 is 2.62 bits per heavy atom. The second-order valence-corrected chi connectivity index (χ2v) is 3.21. The van der Waals surface area contributed by atoms with Crippen molar-refractivity contribution in [2.75, 3.05) is 0 Å². The third-order valence-electron chi connectivity index (χ3n) is 1.25. The fourth-order valence-corrected chi connectivity index (χ4v) is 1.21. The molecule has 2 atom stereocenters. The fraction of sp³-hybridized carbons (Fsp3) is 0.429. The third kappa shape index (κ3) is 1.48. The second-order valence-electron chi connectivity index (χ2n) is 2.04. The van der Waals surface area contributed by atoms with E-state index < -0.39 is 0 Å². The minimum absolute atomic E-state index is 0.749. The van der Waals surface area contributed by atoms with E-state index in [4.69, 9.17) is 0 Å². The van der Waals surface area contributed by atoms with Crippen molar-refractivity contribution >= 4 is 15.9 Å². The summed E-state index contributed by atoms with van der Waals surface area (Å²) in [5, 5.41) is 0. The van der Waals surface area contributed by atoms with Crippen LogP contribution in [-0.4, -0.2) is 4.83 Å². The van der Waals surface area contributed by atoms with Crippen LogP contribution in [0, 0.1) is 5.92 Å². The van der Waals surface area contributed by atoms with Gasteiger partial charge in [0.1, 0.15) is 0 Å². The number of halogens is 1. The highest BCUT2D eigenvalue weighted by Gasteiger charge is 2.31. The molecule has 0 aromatic heterocycles. The van der Waals surface area contributed by atoms with Crippen LogP contribution >= 0.6 is 15.9 Å². The van der Waals surface area contributed by atoms with Gasteiger partial charge in [0, 0.05) is 4.83 Å². The molecule has 44 valence electrons. The van der Waals surface area contributed by atoms with E-state index in [0.29, 0.717) is 0 Å². The Kier molecular flexibility index (Phi) is 1.90. The molecule has 1 fully saturated rings. The Morgan fingerprint density at radius 1 is 1.62 bits per heavy atom. The first-order valence-electron chi connectivity index (χ1n) is 2.78. The molecular weight excluding hydrogens is 164 g/mol. The van der Waals surface area contributed by atoms with Gasteiger partial charge in [0.05, 0.1) is 0 Å². The highest BCUT2D eigenvalue weighted by Crippen LogP contribution is 2.38. The number of allylic oxidation sites excluding steroid dienone is 3. The van der Waals surface area contributed by atoms with Crippen LogP contribution < -0.4 is 0 Å². The molecule has 1 saturated carbocycles. The van der Waals surface area contributed by atoms with Gasteiger partial charge in [0.2, 0.25) is 0 Å². The molecule has 1 heteroatoms. The van der Waals surface area contributed by atoms with Gasteiger partial charge in [-0.1, -0.05) is 40.7 Å². The fourth-order valence-electron chi connectivity index (χ4n) is 0.602. The average molecular weight is 173 g/mol. The maximum Gasteiger partial charge on any atom is 0.0215 e. The predicted octanol–water partition coefficient (Wildman–Crippen LogP) is 2.51. The summed E-state index contributed by atoms with van der Waals surface area (Å²) in [6.07, 6.45) is 7.31. The average Bonchev–Trinajstić information content (AvgIpc) is 2.42. The van der Waals surface area contributed by atoms with E-state index in [9.17, 15) is 0 Å². The molecule has 0 spiro atoms. The summed E-state index contributed by atoms with van der Waals surface area (Å²) in [6, 6.07) is 0. The second kappa shape index (κ2) is 2.49. The topological polar surface area (TPSA) is 0 Å². The molecule has 0 bridgehead atoms. The summed E-state index contributed by atoms with van der Waals surface area (Å²) in [4.78, 5) is 0.749. The quantitative estimate of drug-likeness (QED) is 0.444. The zero-order valence-corrected chi connectivity index (χ0v) is 6.26. The van der Waals surface area contributed by atoms with Gasteiger partial charge in [-0.2, -0.15) is 0 Å². The Labute approximate surface area is 58.4 Å². The zero-order valence-electron chi connectivity index (χ0n) is 4.68. The van der Waals surface area contributed by atoms with Gasteiger partial charge in [0.15, 0.2) is 0 Å². The van der Waals surface area contributed by atoms with Crippen molar-refractivity contribution in [1.29, 1.82) is 0 Å². The maximum atomic E-state index is 3.58. The molecule has 0 N–H and O–H groups in total. The van der Waals surface area contributed by atoms with E-state index >= 15 is 0 Å². The summed E-state index contributed by atoms with van der Waals surface area (Å²) in [5.41, 5.74) is 0. The first kappa shape index (κ1) is 6.09. The van der Waals surface area contributed by atoms with Crippen molar-refractivity contribution in [1.82, 2.24) is 0 Å². The molecule has 8 heavy (non-hydrogen) atoms. The van der Waals surface area contributed by atoms with Gasteiger partial charge in [-0.15, -0.1) is 0 Å². The first-order chi connectivity index (χ1) is 3.84. The van der Waals surface area contributed by atoms with Gasteiger partial charge in [-0.05, 0) is 12.3 Å². The van der Waals surface area contributed by atoms with E-state index in [2.05, 4.69) is 28.6 Å². The third-order valence-corrected chi connectivity index (χ3v) is 2.31.